The third-order valence-electron chi connectivity index (χ3n) is 11.7. The number of phosphoric ester groups is 1. The zero-order valence-corrected chi connectivity index (χ0v) is 42.8. The fourth-order valence-electron chi connectivity index (χ4n) is 8.31. The number of rotatable bonds is 24. The molecule has 2 aromatic heterocycles. The van der Waals surface area contributed by atoms with E-state index in [-0.39, 0.29) is 82.7 Å². The van der Waals surface area contributed by atoms with Crippen molar-refractivity contribution in [1.82, 2.24) is 30.5 Å². The maximum absolute atomic E-state index is 13.1. The summed E-state index contributed by atoms with van der Waals surface area (Å²) in [5.41, 5.74) is 8.06. The molecule has 2 aromatic carbocycles. The van der Waals surface area contributed by atoms with Crippen LogP contribution < -0.4 is 27.1 Å². The third-order valence-corrected chi connectivity index (χ3v) is 15.5. The number of fused-ring (bicyclic) bond motifs is 3. The molecule has 2 unspecified atom stereocenters. The van der Waals surface area contributed by atoms with Crippen molar-refractivity contribution < 1.29 is 85.0 Å². The highest BCUT2D eigenvalue weighted by Crippen LogP contribution is 2.66. The number of phenolic OH excluding ortho intramolecular Hbond substituents is 1. The molecule has 1 fully saturated rings. The van der Waals surface area contributed by atoms with Gasteiger partial charge in [-0.3, -0.25) is 23.7 Å². The number of phosphoric acid groups is 3. The summed E-state index contributed by atoms with van der Waals surface area (Å²) < 4.78 is 60.2. The molecule has 2 aliphatic heterocycles. The number of amides is 3. The zero-order chi connectivity index (χ0) is 54.8. The number of anilines is 1. The van der Waals surface area contributed by atoms with E-state index in [1.807, 2.05) is 0 Å². The van der Waals surface area contributed by atoms with Crippen LogP contribution in [0.2, 0.25) is 0 Å². The van der Waals surface area contributed by atoms with Gasteiger partial charge in [-0.25, -0.2) is 28.5 Å². The number of unbranched alkanes of at least 4 members (excludes halogenated alkanes) is 4. The number of hydrogen-bond acceptors (Lipinski definition) is 17. The lowest BCUT2D eigenvalue weighted by Gasteiger charge is -2.19. The quantitative estimate of drug-likeness (QED) is 0.0156. The van der Waals surface area contributed by atoms with E-state index >= 15 is 0 Å². The van der Waals surface area contributed by atoms with Crippen LogP contribution in [0.5, 0.6) is 5.75 Å². The van der Waals surface area contributed by atoms with Crippen molar-refractivity contribution in [3.8, 4) is 40.0 Å². The molecule has 0 saturated carbocycles. The molecule has 7 rings (SSSR count). The number of nitrogens with zero attached hydrogens (tertiary/aromatic N) is 3. The average Bonchev–Trinajstić information content (AvgIpc) is 3.98. The van der Waals surface area contributed by atoms with Crippen molar-refractivity contribution in [2.24, 2.45) is 0 Å². The number of phenols is 1. The summed E-state index contributed by atoms with van der Waals surface area (Å²) in [6.45, 7) is 0.120. The van der Waals surface area contributed by atoms with Crippen molar-refractivity contribution in [1.29, 1.82) is 0 Å². The van der Waals surface area contributed by atoms with Crippen LogP contribution in [0.1, 0.15) is 96.7 Å². The highest BCUT2D eigenvalue weighted by Gasteiger charge is 2.41. The second kappa shape index (κ2) is 24.9. The Morgan fingerprint density at radius 1 is 0.816 bits per heavy atom. The van der Waals surface area contributed by atoms with Gasteiger partial charge in [0.25, 0.3) is 5.91 Å². The van der Waals surface area contributed by atoms with Crippen molar-refractivity contribution in [3.05, 3.63) is 94.0 Å². The highest BCUT2D eigenvalue weighted by atomic mass is 31.3. The summed E-state index contributed by atoms with van der Waals surface area (Å²) in [5.74, 6) is 3.98. The van der Waals surface area contributed by atoms with Gasteiger partial charge in [0.2, 0.25) is 11.8 Å². The topological polar surface area (TPSA) is 401 Å². The third kappa shape index (κ3) is 15.4. The normalized spacial score (nSPS) is 16.2. The molecule has 76 heavy (non-hydrogen) atoms. The standard InChI is InChI=1S/C47H52N7O19P3/c48-44-42-29(25-54(45(42)53-27-52-44)41-18-14-32(70-41)26-69-75(65,66)73-76(67,68)72-74(62,63)64)8-7-21-50-40(58)10-3-1-5-19-49-39(57)9-4-2-6-20-51-46(59)28-11-15-33(36(22-28)47(60)61)43-34-16-12-30(55)23-37(34)71-38-24-31(56)13-17-35(38)43/h11-13,15-17,22-25,27,32,41,55H,1-6,9-10,14,18-21,26H2,(H,49,57)(H,50,58)(H,51,59)(H,60,61)(H,65,66)(H,67,68)(H2,48,52,53)(H2,62,63,64)/t32-,41+/m0/s1. The van der Waals surface area contributed by atoms with Crippen molar-refractivity contribution in [2.75, 3.05) is 32.0 Å². The van der Waals surface area contributed by atoms with Gasteiger partial charge in [-0.15, -0.1) is 0 Å². The van der Waals surface area contributed by atoms with Gasteiger partial charge in [0.1, 0.15) is 41.1 Å². The predicted octanol–water partition coefficient (Wildman–Crippen LogP) is 5.45. The van der Waals surface area contributed by atoms with Gasteiger partial charge >= 0.3 is 29.4 Å². The Kier molecular flexibility index (Phi) is 18.6. The number of hydrogen-bond donors (Lipinski definition) is 10. The molecular weight excluding hydrogens is 1060 g/mol. The van der Waals surface area contributed by atoms with E-state index in [9.17, 15) is 57.7 Å². The average molecular weight is 1110 g/mol. The Morgan fingerprint density at radius 2 is 1.53 bits per heavy atom. The van der Waals surface area contributed by atoms with Crippen LogP contribution in [0.25, 0.3) is 44.5 Å². The molecule has 3 amide bonds. The Morgan fingerprint density at radius 3 is 2.25 bits per heavy atom. The lowest BCUT2D eigenvalue weighted by molar-refractivity contribution is -0.122. The molecule has 4 aromatic rings. The van der Waals surface area contributed by atoms with Crippen LogP contribution in [0.3, 0.4) is 0 Å². The van der Waals surface area contributed by atoms with Crippen LogP contribution in [-0.2, 0) is 41.2 Å². The molecule has 4 heterocycles. The molecule has 404 valence electrons. The molecule has 29 heteroatoms. The van der Waals surface area contributed by atoms with E-state index in [0.29, 0.717) is 91.1 Å². The van der Waals surface area contributed by atoms with E-state index in [1.54, 1.807) is 22.9 Å². The number of carbonyl (C=O) groups is 4. The lowest BCUT2D eigenvalue weighted by Crippen LogP contribution is -2.25. The highest BCUT2D eigenvalue weighted by molar-refractivity contribution is 7.66. The van der Waals surface area contributed by atoms with Crippen molar-refractivity contribution in [3.63, 3.8) is 0 Å². The molecule has 4 atom stereocenters. The van der Waals surface area contributed by atoms with E-state index in [4.69, 9.17) is 29.2 Å². The largest absolute Gasteiger partial charge is 0.508 e. The predicted molar refractivity (Wildman–Crippen MR) is 270 cm³/mol. The maximum atomic E-state index is 13.1. The van der Waals surface area contributed by atoms with Gasteiger partial charge in [-0.2, -0.15) is 8.62 Å². The Balaban J connectivity index is 0.772. The Hall–Kier alpha value is -6.84. The number of carboxylic acid groups (broad SMARTS) is 1. The zero-order valence-electron chi connectivity index (χ0n) is 40.2. The molecule has 26 nitrogen and oxygen atoms in total. The smallest absolute Gasteiger partial charge is 0.490 e. The minimum atomic E-state index is -5.68. The van der Waals surface area contributed by atoms with Gasteiger partial charge in [-0.05, 0) is 80.5 Å². The van der Waals surface area contributed by atoms with Gasteiger partial charge < -0.3 is 65.2 Å². The van der Waals surface area contributed by atoms with E-state index < -0.39 is 54.3 Å². The van der Waals surface area contributed by atoms with Crippen LogP contribution in [-0.4, -0.2) is 100 Å². The molecular formula is C47H52N7O19P3. The number of aromatic carboxylic acids is 1. The van der Waals surface area contributed by atoms with Gasteiger partial charge in [0.15, 0.2) is 5.43 Å². The lowest BCUT2D eigenvalue weighted by atomic mass is 9.90. The Labute approximate surface area is 431 Å². The Bertz CT molecular complexity index is 3400. The van der Waals surface area contributed by atoms with Gasteiger partial charge in [0, 0.05) is 66.3 Å². The van der Waals surface area contributed by atoms with E-state index in [0.717, 1.165) is 0 Å². The maximum Gasteiger partial charge on any atom is 0.490 e. The summed E-state index contributed by atoms with van der Waals surface area (Å²) >= 11 is 0. The van der Waals surface area contributed by atoms with Crippen LogP contribution >= 0.6 is 23.5 Å². The molecule has 0 spiro atoms. The van der Waals surface area contributed by atoms with E-state index in [1.165, 1.54) is 48.8 Å². The second-order valence-corrected chi connectivity index (χ2v) is 21.7. The SMILES string of the molecule is Nc1ncnc2c1c(C#CCNC(=O)CCCCCNC(=O)CCCCCNC(=O)c1ccc(-c3c4ccc(=O)cc-4oc4cc(O)ccc34)c(C(=O)O)c1)cn2[C@H]1CC[C@@H](COP(=O)(O)OP(=O)(O)OP(=O)(O)O)O1. The van der Waals surface area contributed by atoms with Gasteiger partial charge in [-0.1, -0.05) is 30.7 Å². The van der Waals surface area contributed by atoms with E-state index in [2.05, 4.69) is 46.4 Å². The summed E-state index contributed by atoms with van der Waals surface area (Å²) in [7, 11) is -16.6. The first-order valence-electron chi connectivity index (χ1n) is 23.5. The van der Waals surface area contributed by atoms with Crippen LogP contribution in [0.15, 0.2) is 76.3 Å². The van der Waals surface area contributed by atoms with Crippen molar-refractivity contribution in [2.45, 2.75) is 76.5 Å². The van der Waals surface area contributed by atoms with Crippen molar-refractivity contribution >= 4 is 75.0 Å². The summed E-state index contributed by atoms with van der Waals surface area (Å²) in [6, 6.07) is 12.9. The molecule has 3 aliphatic rings. The number of nitrogens with two attached hydrogens (primary N) is 1. The number of nitrogens with one attached hydrogen (secondary N) is 3. The number of benzene rings is 3. The first kappa shape index (κ1) is 56.9. The molecule has 11 N–H and O–H groups in total. The molecule has 1 saturated heterocycles. The van der Waals surface area contributed by atoms with Gasteiger partial charge in [0.05, 0.1) is 35.8 Å². The summed E-state index contributed by atoms with van der Waals surface area (Å²) in [5, 5.41) is 29.6. The fraction of sp³-hybridized carbons (Fsp3) is 0.340. The summed E-state index contributed by atoms with van der Waals surface area (Å²) in [4.78, 5) is 108. The molecule has 0 radical (unpaired) electrons. The minimum Gasteiger partial charge on any atom is -0.508 e. The number of ether oxygens (including phenoxy) is 1. The van der Waals surface area contributed by atoms with Crippen LogP contribution in [0.4, 0.5) is 5.82 Å². The number of aromatic nitrogens is 3. The number of carbonyl (C=O) groups excluding carboxylic acids is 3. The number of aromatic hydroxyl groups is 1. The second-order valence-electron chi connectivity index (χ2n) is 17.3. The first-order valence-corrected chi connectivity index (χ1v) is 28.0. The number of nitrogen functional groups attached to an aromatic ring is 1. The fourth-order valence-corrected chi connectivity index (χ4v) is 11.4. The minimum absolute atomic E-state index is 0.00938. The summed E-state index contributed by atoms with van der Waals surface area (Å²) in [6.07, 6.45) is 6.16. The first-order chi connectivity index (χ1) is 36.1. The number of carboxylic acids is 1. The monoisotopic (exact) mass is 1110 g/mol. The molecule has 0 bridgehead atoms. The molecule has 1 aliphatic carbocycles. The van der Waals surface area contributed by atoms with Crippen LogP contribution in [0, 0.1) is 11.8 Å².